The Balaban J connectivity index is 1.86. The van der Waals surface area contributed by atoms with Crippen LogP contribution in [0.3, 0.4) is 0 Å². The standard InChI is InChI=1S/C20H19F2N3O3S/c1-12-4-2-3-6-23(12)17(26)11-24-16-5-7-29-18(16)19(27)25(20(24)28)15-9-13(21)8-14(22)10-15/h5,7-10,12H,2-4,6,11H2,1H3/t12-/m1/s1. The predicted molar refractivity (Wildman–Crippen MR) is 107 cm³/mol. The van der Waals surface area contributed by atoms with Gasteiger partial charge in [-0.3, -0.25) is 14.2 Å². The minimum atomic E-state index is -0.901. The van der Waals surface area contributed by atoms with Crippen LogP contribution >= 0.6 is 11.3 Å². The summed E-state index contributed by atoms with van der Waals surface area (Å²) in [6.07, 6.45) is 2.85. The van der Waals surface area contributed by atoms with Crippen LogP contribution in [0, 0.1) is 11.6 Å². The van der Waals surface area contributed by atoms with Gasteiger partial charge in [-0.25, -0.2) is 18.1 Å². The first kappa shape index (κ1) is 19.5. The lowest BCUT2D eigenvalue weighted by atomic mass is 10.0. The van der Waals surface area contributed by atoms with Crippen molar-refractivity contribution >= 4 is 27.5 Å². The Kier molecular flexibility index (Phi) is 5.08. The molecule has 2 aromatic heterocycles. The largest absolute Gasteiger partial charge is 0.338 e. The quantitative estimate of drug-likeness (QED) is 0.656. The monoisotopic (exact) mass is 419 g/mol. The van der Waals surface area contributed by atoms with Gasteiger partial charge >= 0.3 is 5.69 Å². The van der Waals surface area contributed by atoms with Gasteiger partial charge in [0.05, 0.1) is 11.2 Å². The second-order valence-electron chi connectivity index (χ2n) is 7.20. The van der Waals surface area contributed by atoms with Crippen molar-refractivity contribution in [3.05, 3.63) is 62.1 Å². The minimum Gasteiger partial charge on any atom is -0.338 e. The van der Waals surface area contributed by atoms with Gasteiger partial charge in [-0.2, -0.15) is 0 Å². The molecule has 152 valence electrons. The molecule has 0 saturated carbocycles. The fourth-order valence-corrected chi connectivity index (χ4v) is 4.65. The van der Waals surface area contributed by atoms with Crippen molar-refractivity contribution < 1.29 is 13.6 Å². The van der Waals surface area contributed by atoms with Crippen LogP contribution in [0.25, 0.3) is 15.9 Å². The highest BCUT2D eigenvalue weighted by Gasteiger charge is 2.25. The second-order valence-corrected chi connectivity index (χ2v) is 8.12. The third kappa shape index (κ3) is 3.50. The van der Waals surface area contributed by atoms with E-state index >= 15 is 0 Å². The lowest BCUT2D eigenvalue weighted by molar-refractivity contribution is -0.135. The third-order valence-electron chi connectivity index (χ3n) is 5.28. The van der Waals surface area contributed by atoms with E-state index in [2.05, 4.69) is 0 Å². The topological polar surface area (TPSA) is 64.3 Å². The Hall–Kier alpha value is -2.81. The number of nitrogens with zero attached hydrogens (tertiary/aromatic N) is 3. The van der Waals surface area contributed by atoms with Crippen LogP contribution in [0.1, 0.15) is 26.2 Å². The summed E-state index contributed by atoms with van der Waals surface area (Å²) < 4.78 is 29.6. The van der Waals surface area contributed by atoms with Gasteiger partial charge < -0.3 is 4.90 Å². The molecule has 0 unspecified atom stereocenters. The van der Waals surface area contributed by atoms with Crippen LogP contribution < -0.4 is 11.2 Å². The zero-order chi connectivity index (χ0) is 20.7. The van der Waals surface area contributed by atoms with Gasteiger partial charge in [0.1, 0.15) is 22.9 Å². The average Bonchev–Trinajstić information content (AvgIpc) is 3.15. The second kappa shape index (κ2) is 7.55. The van der Waals surface area contributed by atoms with E-state index in [9.17, 15) is 23.2 Å². The molecule has 1 amide bonds. The Labute approximate surface area is 168 Å². The number of amides is 1. The highest BCUT2D eigenvalue weighted by atomic mass is 32.1. The first-order valence-electron chi connectivity index (χ1n) is 9.36. The maximum atomic E-state index is 13.7. The van der Waals surface area contributed by atoms with Crippen LogP contribution in [0.2, 0.25) is 0 Å². The highest BCUT2D eigenvalue weighted by Crippen LogP contribution is 2.20. The molecule has 29 heavy (non-hydrogen) atoms. The molecule has 1 aliphatic rings. The molecule has 0 aliphatic carbocycles. The van der Waals surface area contributed by atoms with Gasteiger partial charge in [-0.05, 0) is 49.8 Å². The number of benzene rings is 1. The number of carbonyl (C=O) groups excluding carboxylic acids is 1. The molecule has 1 saturated heterocycles. The number of hydrogen-bond donors (Lipinski definition) is 0. The molecule has 9 heteroatoms. The summed E-state index contributed by atoms with van der Waals surface area (Å²) in [5.41, 5.74) is -1.33. The first-order chi connectivity index (χ1) is 13.9. The summed E-state index contributed by atoms with van der Waals surface area (Å²) in [4.78, 5) is 40.6. The lowest BCUT2D eigenvalue weighted by Crippen LogP contribution is -2.46. The van der Waals surface area contributed by atoms with Crippen LogP contribution in [0.5, 0.6) is 0 Å². The van der Waals surface area contributed by atoms with Gasteiger partial charge in [0.2, 0.25) is 5.91 Å². The van der Waals surface area contributed by atoms with Crippen molar-refractivity contribution in [2.24, 2.45) is 0 Å². The van der Waals surface area contributed by atoms with E-state index in [4.69, 9.17) is 0 Å². The fraction of sp³-hybridized carbons (Fsp3) is 0.350. The lowest BCUT2D eigenvalue weighted by Gasteiger charge is -2.33. The molecule has 1 fully saturated rings. The summed E-state index contributed by atoms with van der Waals surface area (Å²) in [5, 5.41) is 1.65. The molecule has 3 aromatic rings. The Morgan fingerprint density at radius 3 is 2.59 bits per heavy atom. The van der Waals surface area contributed by atoms with Crippen LogP contribution in [0.15, 0.2) is 39.2 Å². The summed E-state index contributed by atoms with van der Waals surface area (Å²) >= 11 is 1.11. The van der Waals surface area contributed by atoms with E-state index < -0.39 is 22.9 Å². The molecular weight excluding hydrogens is 400 g/mol. The number of thiophene rings is 1. The molecule has 6 nitrogen and oxygen atoms in total. The molecule has 0 N–H and O–H groups in total. The van der Waals surface area contributed by atoms with Gasteiger partial charge in [-0.1, -0.05) is 0 Å². The maximum absolute atomic E-state index is 13.7. The molecule has 3 heterocycles. The van der Waals surface area contributed by atoms with Crippen LogP contribution in [-0.2, 0) is 11.3 Å². The van der Waals surface area contributed by atoms with E-state index in [1.54, 1.807) is 16.3 Å². The fourth-order valence-electron chi connectivity index (χ4n) is 3.83. The van der Waals surface area contributed by atoms with E-state index in [1.807, 2.05) is 6.92 Å². The number of fused-ring (bicyclic) bond motifs is 1. The Morgan fingerprint density at radius 2 is 1.90 bits per heavy atom. The minimum absolute atomic E-state index is 0.0770. The smallest absolute Gasteiger partial charge is 0.336 e. The summed E-state index contributed by atoms with van der Waals surface area (Å²) in [7, 11) is 0. The van der Waals surface area contributed by atoms with Crippen molar-refractivity contribution in [2.45, 2.75) is 38.8 Å². The SMILES string of the molecule is C[C@@H]1CCCCN1C(=O)Cn1c(=O)n(-c2cc(F)cc(F)c2)c(=O)c2sccc21. The zero-order valence-corrected chi connectivity index (χ0v) is 16.5. The van der Waals surface area contributed by atoms with Gasteiger partial charge in [-0.15, -0.1) is 11.3 Å². The molecule has 4 rings (SSSR count). The van der Waals surface area contributed by atoms with E-state index in [1.165, 1.54) is 4.57 Å². The number of halogens is 2. The predicted octanol–water partition coefficient (Wildman–Crippen LogP) is 2.89. The van der Waals surface area contributed by atoms with Gasteiger partial charge in [0.15, 0.2) is 0 Å². The number of aromatic nitrogens is 2. The molecule has 1 aromatic carbocycles. The van der Waals surface area contributed by atoms with Gasteiger partial charge in [0, 0.05) is 18.7 Å². The summed E-state index contributed by atoms with van der Waals surface area (Å²) in [5.74, 6) is -2.02. The summed E-state index contributed by atoms with van der Waals surface area (Å²) in [6.45, 7) is 2.35. The molecule has 0 spiro atoms. The van der Waals surface area contributed by atoms with Crippen molar-refractivity contribution in [1.29, 1.82) is 0 Å². The first-order valence-corrected chi connectivity index (χ1v) is 10.2. The molecule has 1 aliphatic heterocycles. The van der Waals surface area contributed by atoms with Gasteiger partial charge in [0.25, 0.3) is 5.56 Å². The maximum Gasteiger partial charge on any atom is 0.336 e. The Morgan fingerprint density at radius 1 is 1.17 bits per heavy atom. The van der Waals surface area contributed by atoms with Crippen molar-refractivity contribution in [2.75, 3.05) is 6.54 Å². The number of piperidine rings is 1. The van der Waals surface area contributed by atoms with Crippen molar-refractivity contribution in [3.8, 4) is 5.69 Å². The van der Waals surface area contributed by atoms with Crippen LogP contribution in [-0.4, -0.2) is 32.5 Å². The van der Waals surface area contributed by atoms with E-state index in [-0.39, 0.29) is 28.9 Å². The normalized spacial score (nSPS) is 17.1. The number of carbonyl (C=O) groups is 1. The van der Waals surface area contributed by atoms with Crippen LogP contribution in [0.4, 0.5) is 8.78 Å². The number of likely N-dealkylation sites (tertiary alicyclic amines) is 1. The summed E-state index contributed by atoms with van der Waals surface area (Å²) in [6, 6.07) is 4.19. The molecule has 0 radical (unpaired) electrons. The molecular formula is C20H19F2N3O3S. The number of hydrogen-bond acceptors (Lipinski definition) is 4. The number of rotatable bonds is 3. The molecule has 0 bridgehead atoms. The average molecular weight is 419 g/mol. The Bertz CT molecular complexity index is 1190. The third-order valence-corrected chi connectivity index (χ3v) is 6.17. The zero-order valence-electron chi connectivity index (χ0n) is 15.7. The molecule has 1 atom stereocenters. The van der Waals surface area contributed by atoms with E-state index in [0.29, 0.717) is 18.1 Å². The van der Waals surface area contributed by atoms with Crippen molar-refractivity contribution in [1.82, 2.24) is 14.0 Å². The van der Waals surface area contributed by atoms with Crippen molar-refractivity contribution in [3.63, 3.8) is 0 Å². The highest BCUT2D eigenvalue weighted by molar-refractivity contribution is 7.17. The van der Waals surface area contributed by atoms with E-state index in [0.717, 1.165) is 47.3 Å².